The van der Waals surface area contributed by atoms with Gasteiger partial charge in [-0.3, -0.25) is 10.2 Å². The number of nitrogens with one attached hydrogen (secondary N) is 2. The summed E-state index contributed by atoms with van der Waals surface area (Å²) in [5, 5.41) is 11.3. The summed E-state index contributed by atoms with van der Waals surface area (Å²) in [6, 6.07) is 3.73. The predicted molar refractivity (Wildman–Crippen MR) is 111 cm³/mol. The highest BCUT2D eigenvalue weighted by Gasteiger charge is 2.39. The molecule has 0 spiro atoms. The van der Waals surface area contributed by atoms with Gasteiger partial charge in [-0.05, 0) is 37.8 Å². The molecule has 1 saturated heterocycles. The van der Waals surface area contributed by atoms with Crippen molar-refractivity contribution in [2.24, 2.45) is 0 Å². The molecule has 1 aliphatic heterocycles. The van der Waals surface area contributed by atoms with Crippen molar-refractivity contribution in [3.05, 3.63) is 17.0 Å². The van der Waals surface area contributed by atoms with Crippen molar-refractivity contribution in [1.82, 2.24) is 14.5 Å². The van der Waals surface area contributed by atoms with Crippen LogP contribution in [0.1, 0.15) is 56.7 Å². The van der Waals surface area contributed by atoms with E-state index in [4.69, 9.17) is 5.41 Å². The molecule has 1 aliphatic carbocycles. The molecule has 0 atom stereocenters. The molecule has 156 valence electrons. The number of sulfonamides is 1. The first-order chi connectivity index (χ1) is 13.4. The summed E-state index contributed by atoms with van der Waals surface area (Å²) in [5.74, 6) is 0.147. The fourth-order valence-electron chi connectivity index (χ4n) is 3.92. The van der Waals surface area contributed by atoms with Crippen molar-refractivity contribution in [2.75, 3.05) is 19.6 Å². The molecule has 2 N–H and O–H groups in total. The van der Waals surface area contributed by atoms with E-state index in [9.17, 15) is 13.2 Å². The number of amides is 1. The first-order valence-corrected chi connectivity index (χ1v) is 12.4. The van der Waals surface area contributed by atoms with Crippen molar-refractivity contribution >= 4 is 33.2 Å². The highest BCUT2D eigenvalue weighted by molar-refractivity contribution is 7.91. The largest absolute Gasteiger partial charge is 0.356 e. The number of carbonyl (C=O) groups is 1. The van der Waals surface area contributed by atoms with Crippen LogP contribution in [0.3, 0.4) is 0 Å². The quantitative estimate of drug-likeness (QED) is 0.668. The number of nitrogens with zero attached hydrogens (tertiary/aromatic N) is 2. The van der Waals surface area contributed by atoms with Gasteiger partial charge in [0.25, 0.3) is 10.0 Å². The zero-order chi connectivity index (χ0) is 20.1. The van der Waals surface area contributed by atoms with Gasteiger partial charge in [-0.1, -0.05) is 26.2 Å². The van der Waals surface area contributed by atoms with Crippen LogP contribution in [0.25, 0.3) is 0 Å². The monoisotopic (exact) mass is 426 g/mol. The fourth-order valence-corrected chi connectivity index (χ4v) is 6.78. The lowest BCUT2D eigenvalue weighted by Crippen LogP contribution is -2.42. The summed E-state index contributed by atoms with van der Waals surface area (Å²) in [4.78, 5) is 14.4. The molecule has 1 aromatic rings. The molecule has 2 heterocycles. The van der Waals surface area contributed by atoms with Gasteiger partial charge in [-0.2, -0.15) is 0 Å². The summed E-state index contributed by atoms with van der Waals surface area (Å²) in [7, 11) is -3.69. The second kappa shape index (κ2) is 9.26. The lowest BCUT2D eigenvalue weighted by molar-refractivity contribution is -0.121. The van der Waals surface area contributed by atoms with Crippen molar-refractivity contribution in [2.45, 2.75) is 68.5 Å². The Morgan fingerprint density at radius 2 is 2.00 bits per heavy atom. The van der Waals surface area contributed by atoms with Gasteiger partial charge in [-0.15, -0.1) is 11.3 Å². The maximum absolute atomic E-state index is 13.1. The molecule has 3 rings (SSSR count). The summed E-state index contributed by atoms with van der Waals surface area (Å²) in [6.07, 6.45) is 7.57. The molecule has 9 heteroatoms. The van der Waals surface area contributed by atoms with Gasteiger partial charge in [-0.25, -0.2) is 12.7 Å². The number of hydrogen-bond acceptors (Lipinski definition) is 5. The van der Waals surface area contributed by atoms with E-state index in [0.717, 1.165) is 37.0 Å². The van der Waals surface area contributed by atoms with E-state index >= 15 is 0 Å². The molecule has 2 aliphatic rings. The molecule has 0 unspecified atom stereocenters. The standard InChI is InChI=1S/C19H30N4O3S2/c1-2-6-17(24)21-12-11-16-9-10-18(27-16)28(25,26)23-14-13-22(19(23)20)15-7-4-3-5-8-15/h9-10,15,20H,2-8,11-14H2,1H3,(H,21,24). The lowest BCUT2D eigenvalue weighted by Gasteiger charge is -2.32. The third-order valence-electron chi connectivity index (χ3n) is 5.42. The van der Waals surface area contributed by atoms with Crippen LogP contribution in [0.4, 0.5) is 0 Å². The minimum Gasteiger partial charge on any atom is -0.356 e. The van der Waals surface area contributed by atoms with E-state index in [1.54, 1.807) is 6.07 Å². The Bertz CT molecular complexity index is 800. The molecule has 0 radical (unpaired) electrons. The minimum absolute atomic E-state index is 0.0280. The molecule has 7 nitrogen and oxygen atoms in total. The molecule has 1 aromatic heterocycles. The van der Waals surface area contributed by atoms with Crippen LogP contribution in [0.2, 0.25) is 0 Å². The fraction of sp³-hybridized carbons (Fsp3) is 0.684. The Balaban J connectivity index is 1.61. The minimum atomic E-state index is -3.69. The maximum Gasteiger partial charge on any atom is 0.276 e. The van der Waals surface area contributed by atoms with Crippen LogP contribution in [0.5, 0.6) is 0 Å². The lowest BCUT2D eigenvalue weighted by atomic mass is 9.94. The third-order valence-corrected chi connectivity index (χ3v) is 8.82. The van der Waals surface area contributed by atoms with E-state index in [-0.39, 0.29) is 16.1 Å². The Kier molecular flexibility index (Phi) is 6.98. The second-order valence-corrected chi connectivity index (χ2v) is 10.7. The average molecular weight is 427 g/mol. The number of guanidine groups is 1. The van der Waals surface area contributed by atoms with Crippen LogP contribution in [-0.4, -0.2) is 55.2 Å². The number of carbonyl (C=O) groups excluding carboxylic acids is 1. The van der Waals surface area contributed by atoms with Gasteiger partial charge < -0.3 is 10.2 Å². The second-order valence-electron chi connectivity index (χ2n) is 7.46. The van der Waals surface area contributed by atoms with Crippen molar-refractivity contribution in [3.63, 3.8) is 0 Å². The van der Waals surface area contributed by atoms with Crippen molar-refractivity contribution in [1.29, 1.82) is 5.41 Å². The van der Waals surface area contributed by atoms with E-state index in [0.29, 0.717) is 38.5 Å². The van der Waals surface area contributed by atoms with Crippen molar-refractivity contribution < 1.29 is 13.2 Å². The molecular formula is C19H30N4O3S2. The topological polar surface area (TPSA) is 93.6 Å². The van der Waals surface area contributed by atoms with Gasteiger partial charge in [0.1, 0.15) is 4.21 Å². The first kappa shape index (κ1) is 21.1. The summed E-state index contributed by atoms with van der Waals surface area (Å²) >= 11 is 1.23. The first-order valence-electron chi connectivity index (χ1n) is 10.2. The molecule has 2 fully saturated rings. The average Bonchev–Trinajstić information content (AvgIpc) is 3.30. The Hall–Kier alpha value is -1.61. The Morgan fingerprint density at radius 3 is 2.71 bits per heavy atom. The van der Waals surface area contributed by atoms with Crippen molar-refractivity contribution in [3.8, 4) is 0 Å². The van der Waals surface area contributed by atoms with Crippen LogP contribution in [-0.2, 0) is 21.2 Å². The molecule has 1 amide bonds. The van der Waals surface area contributed by atoms with E-state index in [1.807, 2.05) is 17.9 Å². The molecule has 1 saturated carbocycles. The highest BCUT2D eigenvalue weighted by atomic mass is 32.2. The smallest absolute Gasteiger partial charge is 0.276 e. The van der Waals surface area contributed by atoms with Gasteiger partial charge in [0.05, 0.1) is 6.54 Å². The van der Waals surface area contributed by atoms with Crippen LogP contribution < -0.4 is 5.32 Å². The number of thiophene rings is 1. The summed E-state index contributed by atoms with van der Waals surface area (Å²) < 4.78 is 27.6. The third kappa shape index (κ3) is 4.68. The van der Waals surface area contributed by atoms with Crippen LogP contribution >= 0.6 is 11.3 Å². The molecule has 0 aromatic carbocycles. The Morgan fingerprint density at radius 1 is 1.25 bits per heavy atom. The zero-order valence-corrected chi connectivity index (χ0v) is 18.1. The molecule has 28 heavy (non-hydrogen) atoms. The van der Waals surface area contributed by atoms with E-state index < -0.39 is 10.0 Å². The predicted octanol–water partition coefficient (Wildman–Crippen LogP) is 2.78. The normalized spacial score (nSPS) is 18.7. The van der Waals surface area contributed by atoms with E-state index in [1.165, 1.54) is 22.1 Å². The SMILES string of the molecule is CCCC(=O)NCCc1ccc(S(=O)(=O)N2CCN(C3CCCCC3)C2=N)s1. The van der Waals surface area contributed by atoms with Gasteiger partial charge in [0.2, 0.25) is 11.9 Å². The number of rotatable bonds is 8. The summed E-state index contributed by atoms with van der Waals surface area (Å²) in [5.41, 5.74) is 0. The Labute approximate surface area is 171 Å². The van der Waals surface area contributed by atoms with Gasteiger partial charge >= 0.3 is 0 Å². The number of hydrogen-bond donors (Lipinski definition) is 2. The van der Waals surface area contributed by atoms with Gasteiger partial charge in [0.15, 0.2) is 0 Å². The zero-order valence-electron chi connectivity index (χ0n) is 16.4. The van der Waals surface area contributed by atoms with Gasteiger partial charge in [0, 0.05) is 30.4 Å². The maximum atomic E-state index is 13.1. The molecule has 0 bridgehead atoms. The van der Waals surface area contributed by atoms with Crippen LogP contribution in [0, 0.1) is 5.41 Å². The van der Waals surface area contributed by atoms with Crippen LogP contribution in [0.15, 0.2) is 16.3 Å². The summed E-state index contributed by atoms with van der Waals surface area (Å²) in [6.45, 7) is 3.41. The highest BCUT2D eigenvalue weighted by Crippen LogP contribution is 2.30. The molecular weight excluding hydrogens is 396 g/mol. The van der Waals surface area contributed by atoms with E-state index in [2.05, 4.69) is 5.32 Å².